The first-order valence-electron chi connectivity index (χ1n) is 4.21. The Morgan fingerprint density at radius 2 is 2.00 bits per heavy atom. The van der Waals surface area contributed by atoms with Gasteiger partial charge >= 0.3 is 6.09 Å². The van der Waals surface area contributed by atoms with Crippen LogP contribution in [0, 0.1) is 0 Å². The molecule has 1 fully saturated rings. The molecule has 1 amide bonds. The molecule has 0 spiro atoms. The number of aliphatic hydroxyl groups excluding tert-OH is 1. The molecule has 0 aromatic rings. The summed E-state index contributed by atoms with van der Waals surface area (Å²) in [6.07, 6.45) is 1.61. The van der Waals surface area contributed by atoms with Crippen LogP contribution in [0.5, 0.6) is 0 Å². The van der Waals surface area contributed by atoms with Crippen LogP contribution in [0.4, 0.5) is 4.79 Å². The minimum atomic E-state index is -0.978. The minimum absolute atomic E-state index is 0.242. The summed E-state index contributed by atoms with van der Waals surface area (Å²) in [5.41, 5.74) is -0.328. The fourth-order valence-electron chi connectivity index (χ4n) is 1.62. The minimum Gasteiger partial charge on any atom is -0.465 e. The SMILES string of the molecule is CC1(NC(=O)O)CCC(O)CC1. The zero-order valence-corrected chi connectivity index (χ0v) is 7.21. The van der Waals surface area contributed by atoms with Crippen LogP contribution in [-0.2, 0) is 0 Å². The van der Waals surface area contributed by atoms with E-state index in [2.05, 4.69) is 5.32 Å². The third kappa shape index (κ3) is 2.37. The van der Waals surface area contributed by atoms with Gasteiger partial charge in [0, 0.05) is 5.54 Å². The van der Waals surface area contributed by atoms with E-state index in [1.54, 1.807) is 0 Å². The summed E-state index contributed by atoms with van der Waals surface area (Å²) < 4.78 is 0. The molecule has 0 atom stereocenters. The first-order valence-corrected chi connectivity index (χ1v) is 4.21. The lowest BCUT2D eigenvalue weighted by Crippen LogP contribution is -2.48. The summed E-state index contributed by atoms with van der Waals surface area (Å²) in [4.78, 5) is 10.4. The molecule has 1 aliphatic rings. The van der Waals surface area contributed by atoms with Gasteiger partial charge in [-0.25, -0.2) is 4.79 Å². The number of nitrogens with one attached hydrogen (secondary N) is 1. The maximum absolute atomic E-state index is 10.4. The monoisotopic (exact) mass is 173 g/mol. The lowest BCUT2D eigenvalue weighted by Gasteiger charge is -2.35. The highest BCUT2D eigenvalue weighted by molar-refractivity contribution is 5.65. The van der Waals surface area contributed by atoms with Crippen LogP contribution in [-0.4, -0.2) is 27.9 Å². The number of hydrogen-bond acceptors (Lipinski definition) is 2. The van der Waals surface area contributed by atoms with Crippen molar-refractivity contribution in [1.29, 1.82) is 0 Å². The van der Waals surface area contributed by atoms with Crippen molar-refractivity contribution in [3.63, 3.8) is 0 Å². The number of hydrogen-bond donors (Lipinski definition) is 3. The predicted octanol–water partition coefficient (Wildman–Crippen LogP) is 0.948. The maximum Gasteiger partial charge on any atom is 0.405 e. The predicted molar refractivity (Wildman–Crippen MR) is 44.0 cm³/mol. The van der Waals surface area contributed by atoms with E-state index in [1.807, 2.05) is 6.92 Å². The molecule has 70 valence electrons. The molecule has 0 heterocycles. The normalized spacial score (nSPS) is 36.0. The van der Waals surface area contributed by atoms with Gasteiger partial charge in [-0.1, -0.05) is 0 Å². The molecule has 1 aliphatic carbocycles. The second kappa shape index (κ2) is 3.31. The van der Waals surface area contributed by atoms with E-state index in [4.69, 9.17) is 5.11 Å². The number of carboxylic acid groups (broad SMARTS) is 1. The Labute approximate surface area is 71.6 Å². The van der Waals surface area contributed by atoms with Gasteiger partial charge in [0.05, 0.1) is 6.10 Å². The van der Waals surface area contributed by atoms with Gasteiger partial charge in [-0.15, -0.1) is 0 Å². The van der Waals surface area contributed by atoms with Crippen LogP contribution in [0.3, 0.4) is 0 Å². The molecule has 0 aromatic heterocycles. The highest BCUT2D eigenvalue weighted by Crippen LogP contribution is 2.27. The van der Waals surface area contributed by atoms with E-state index in [0.717, 1.165) is 12.8 Å². The van der Waals surface area contributed by atoms with Crippen molar-refractivity contribution in [2.24, 2.45) is 0 Å². The summed E-state index contributed by atoms with van der Waals surface area (Å²) in [5, 5.41) is 20.2. The Hall–Kier alpha value is -0.770. The zero-order valence-electron chi connectivity index (χ0n) is 7.21. The zero-order chi connectivity index (χ0) is 9.19. The third-order valence-electron chi connectivity index (χ3n) is 2.47. The van der Waals surface area contributed by atoms with E-state index in [9.17, 15) is 9.90 Å². The summed E-state index contributed by atoms with van der Waals surface area (Å²) >= 11 is 0. The van der Waals surface area contributed by atoms with Gasteiger partial charge in [0.25, 0.3) is 0 Å². The number of carbonyl (C=O) groups is 1. The third-order valence-corrected chi connectivity index (χ3v) is 2.47. The second-order valence-electron chi connectivity index (χ2n) is 3.72. The summed E-state index contributed by atoms with van der Waals surface area (Å²) in [7, 11) is 0. The molecule has 12 heavy (non-hydrogen) atoms. The molecule has 0 bridgehead atoms. The largest absolute Gasteiger partial charge is 0.465 e. The molecule has 4 heteroatoms. The highest BCUT2D eigenvalue weighted by Gasteiger charge is 2.31. The summed E-state index contributed by atoms with van der Waals surface area (Å²) in [5.74, 6) is 0. The van der Waals surface area contributed by atoms with Gasteiger partial charge in [-0.2, -0.15) is 0 Å². The van der Waals surface area contributed by atoms with Crippen molar-refractivity contribution >= 4 is 6.09 Å². The van der Waals surface area contributed by atoms with Crippen LogP contribution < -0.4 is 5.32 Å². The summed E-state index contributed by atoms with van der Waals surface area (Å²) in [6.45, 7) is 1.88. The van der Waals surface area contributed by atoms with Crippen molar-refractivity contribution in [2.75, 3.05) is 0 Å². The van der Waals surface area contributed by atoms with E-state index in [0.29, 0.717) is 12.8 Å². The fourth-order valence-corrected chi connectivity index (χ4v) is 1.62. The summed E-state index contributed by atoms with van der Waals surface area (Å²) in [6, 6.07) is 0. The molecule has 1 rings (SSSR count). The van der Waals surface area contributed by atoms with Crippen LogP contribution in [0.1, 0.15) is 32.6 Å². The van der Waals surface area contributed by atoms with Gasteiger partial charge in [0.1, 0.15) is 0 Å². The molecular weight excluding hydrogens is 158 g/mol. The number of amides is 1. The van der Waals surface area contributed by atoms with E-state index in [-0.39, 0.29) is 11.6 Å². The quantitative estimate of drug-likeness (QED) is 0.553. The highest BCUT2D eigenvalue weighted by atomic mass is 16.4. The van der Waals surface area contributed by atoms with E-state index < -0.39 is 6.09 Å². The molecule has 1 saturated carbocycles. The van der Waals surface area contributed by atoms with Crippen LogP contribution in [0.2, 0.25) is 0 Å². The van der Waals surface area contributed by atoms with Crippen LogP contribution in [0.15, 0.2) is 0 Å². The smallest absolute Gasteiger partial charge is 0.405 e. The standard InChI is InChI=1S/C8H15NO3/c1-8(9-7(11)12)4-2-6(10)3-5-8/h6,9-10H,2-5H2,1H3,(H,11,12). The molecule has 3 N–H and O–H groups in total. The molecule has 0 unspecified atom stereocenters. The van der Waals surface area contributed by atoms with E-state index in [1.165, 1.54) is 0 Å². The lowest BCUT2D eigenvalue weighted by molar-refractivity contribution is 0.0875. The molecular formula is C8H15NO3. The molecule has 4 nitrogen and oxygen atoms in total. The molecule has 0 aromatic carbocycles. The van der Waals surface area contributed by atoms with Crippen molar-refractivity contribution in [3.8, 4) is 0 Å². The Morgan fingerprint density at radius 3 is 2.42 bits per heavy atom. The van der Waals surface area contributed by atoms with Gasteiger partial charge in [-0.05, 0) is 32.6 Å². The molecule has 0 aliphatic heterocycles. The number of rotatable bonds is 1. The first kappa shape index (κ1) is 9.32. The van der Waals surface area contributed by atoms with Crippen molar-refractivity contribution in [1.82, 2.24) is 5.32 Å². The lowest BCUT2D eigenvalue weighted by atomic mass is 9.82. The van der Waals surface area contributed by atoms with Gasteiger partial charge in [0.2, 0.25) is 0 Å². The van der Waals surface area contributed by atoms with Crippen molar-refractivity contribution in [2.45, 2.75) is 44.2 Å². The van der Waals surface area contributed by atoms with Crippen LogP contribution >= 0.6 is 0 Å². The second-order valence-corrected chi connectivity index (χ2v) is 3.72. The molecule has 0 saturated heterocycles. The van der Waals surface area contributed by atoms with Gasteiger partial charge in [0.15, 0.2) is 0 Å². The Bertz CT molecular complexity index is 173. The maximum atomic E-state index is 10.4. The van der Waals surface area contributed by atoms with Gasteiger partial charge < -0.3 is 15.5 Å². The Balaban J connectivity index is 2.44. The first-order chi connectivity index (χ1) is 5.52. The van der Waals surface area contributed by atoms with Crippen LogP contribution in [0.25, 0.3) is 0 Å². The average molecular weight is 173 g/mol. The Kier molecular flexibility index (Phi) is 2.57. The number of aliphatic hydroxyl groups is 1. The van der Waals surface area contributed by atoms with E-state index >= 15 is 0 Å². The average Bonchev–Trinajstić information content (AvgIpc) is 1.94. The van der Waals surface area contributed by atoms with Crippen molar-refractivity contribution < 1.29 is 15.0 Å². The molecule has 0 radical (unpaired) electrons. The van der Waals surface area contributed by atoms with Gasteiger partial charge in [-0.3, -0.25) is 0 Å². The fraction of sp³-hybridized carbons (Fsp3) is 0.875. The Morgan fingerprint density at radius 1 is 1.50 bits per heavy atom. The van der Waals surface area contributed by atoms with Crippen molar-refractivity contribution in [3.05, 3.63) is 0 Å². The topological polar surface area (TPSA) is 69.6 Å².